The van der Waals surface area contributed by atoms with Crippen LogP contribution >= 0.6 is 11.6 Å². The molecule has 0 spiro atoms. The Labute approximate surface area is 154 Å². The van der Waals surface area contributed by atoms with Crippen LogP contribution in [0.2, 0.25) is 0 Å². The van der Waals surface area contributed by atoms with Gasteiger partial charge in [-0.25, -0.2) is 0 Å². The smallest absolute Gasteiger partial charge is 0.189 e. The normalized spacial score (nSPS) is 54.9. The number of ether oxygens (including phenoxy) is 3. The van der Waals surface area contributed by atoms with Crippen LogP contribution < -0.4 is 0 Å². The fourth-order valence-corrected chi connectivity index (χ4v) is 4.46. The van der Waals surface area contributed by atoms with Crippen molar-refractivity contribution in [1.29, 1.82) is 0 Å². The van der Waals surface area contributed by atoms with E-state index in [1.165, 1.54) is 0 Å². The monoisotopic (exact) mass is 400 g/mol. The number of hydrogen-bond acceptors (Lipinski definition) is 10. The molecule has 11 atom stereocenters. The van der Waals surface area contributed by atoms with Crippen molar-refractivity contribution in [3.05, 3.63) is 0 Å². The predicted octanol–water partition coefficient (Wildman–Crippen LogP) is -3.17. The van der Waals surface area contributed by atoms with Gasteiger partial charge in [-0.3, -0.25) is 0 Å². The van der Waals surface area contributed by atoms with Crippen LogP contribution in [0.3, 0.4) is 0 Å². The van der Waals surface area contributed by atoms with Crippen LogP contribution in [-0.2, 0) is 14.2 Å². The van der Waals surface area contributed by atoms with E-state index in [0.29, 0.717) is 6.42 Å². The second kappa shape index (κ2) is 7.72. The molecule has 7 N–H and O–H groups in total. The summed E-state index contributed by atoms with van der Waals surface area (Å²) in [5, 5.41) is 69.4. The van der Waals surface area contributed by atoms with Crippen molar-refractivity contribution in [1.82, 2.24) is 0 Å². The summed E-state index contributed by atoms with van der Waals surface area (Å²) >= 11 is 6.06. The number of hydrogen-bond donors (Lipinski definition) is 7. The highest BCUT2D eigenvalue weighted by molar-refractivity contribution is 6.19. The Morgan fingerprint density at radius 2 is 1.65 bits per heavy atom. The van der Waals surface area contributed by atoms with E-state index in [4.69, 9.17) is 25.8 Å². The molecule has 2 aliphatic heterocycles. The van der Waals surface area contributed by atoms with Gasteiger partial charge in [-0.1, -0.05) is 11.6 Å². The predicted molar refractivity (Wildman–Crippen MR) is 83.6 cm³/mol. The second-order valence-corrected chi connectivity index (χ2v) is 7.66. The molecule has 0 bridgehead atoms. The second-order valence-electron chi connectivity index (χ2n) is 7.17. The number of fused-ring (bicyclic) bond motifs is 1. The molecule has 10 nitrogen and oxygen atoms in total. The molecular weight excluding hydrogens is 376 g/mol. The van der Waals surface area contributed by atoms with Crippen LogP contribution in [0.4, 0.5) is 0 Å². The van der Waals surface area contributed by atoms with Crippen molar-refractivity contribution in [3.8, 4) is 0 Å². The SMILES string of the molecule is OC[C@H]1O[C@@H](O[C@@H]2O[C@H](Cl)C[C@H]3C[C@@H](O)[C@@](O)(CO)[C@H]32)[C@H](O)[C@@H](O)[C@@H]1O. The first kappa shape index (κ1) is 20.6. The first-order valence-electron chi connectivity index (χ1n) is 8.49. The minimum absolute atomic E-state index is 0.183. The van der Waals surface area contributed by atoms with Gasteiger partial charge in [-0.2, -0.15) is 0 Å². The van der Waals surface area contributed by atoms with Crippen molar-refractivity contribution in [3.63, 3.8) is 0 Å². The number of rotatable bonds is 4. The van der Waals surface area contributed by atoms with E-state index in [1.54, 1.807) is 0 Å². The molecular formula is C15H25ClO10. The molecule has 0 unspecified atom stereocenters. The minimum atomic E-state index is -1.89. The summed E-state index contributed by atoms with van der Waals surface area (Å²) < 4.78 is 16.4. The molecule has 0 aromatic carbocycles. The van der Waals surface area contributed by atoms with Crippen molar-refractivity contribution in [2.24, 2.45) is 11.8 Å². The Hall–Kier alpha value is -0.110. The zero-order chi connectivity index (χ0) is 19.2. The molecule has 3 aliphatic rings. The van der Waals surface area contributed by atoms with Gasteiger partial charge < -0.3 is 50.0 Å². The summed E-state index contributed by atoms with van der Waals surface area (Å²) in [5.74, 6) is -1.17. The fourth-order valence-electron chi connectivity index (χ4n) is 4.13. The van der Waals surface area contributed by atoms with Gasteiger partial charge in [-0.05, 0) is 18.8 Å². The van der Waals surface area contributed by atoms with Gasteiger partial charge in [0.25, 0.3) is 0 Å². The van der Waals surface area contributed by atoms with Crippen molar-refractivity contribution >= 4 is 11.6 Å². The summed E-state index contributed by atoms with van der Waals surface area (Å²) in [6.07, 6.45) is -9.46. The van der Waals surface area contributed by atoms with Gasteiger partial charge in [0, 0.05) is 5.92 Å². The first-order valence-corrected chi connectivity index (χ1v) is 8.93. The van der Waals surface area contributed by atoms with Crippen molar-refractivity contribution in [2.45, 2.75) is 67.1 Å². The Balaban J connectivity index is 1.80. The van der Waals surface area contributed by atoms with E-state index in [-0.39, 0.29) is 12.3 Å². The number of aliphatic hydroxyl groups is 7. The minimum Gasteiger partial charge on any atom is -0.394 e. The number of alkyl halides is 1. The molecule has 0 aromatic rings. The van der Waals surface area contributed by atoms with Crippen LogP contribution in [0, 0.1) is 11.8 Å². The molecule has 1 aliphatic carbocycles. The largest absolute Gasteiger partial charge is 0.394 e. The van der Waals surface area contributed by atoms with Crippen molar-refractivity contribution < 1.29 is 50.0 Å². The lowest BCUT2D eigenvalue weighted by Gasteiger charge is -2.46. The lowest BCUT2D eigenvalue weighted by Crippen LogP contribution is -2.62. The highest BCUT2D eigenvalue weighted by Crippen LogP contribution is 2.49. The van der Waals surface area contributed by atoms with E-state index in [0.717, 1.165) is 0 Å². The Kier molecular flexibility index (Phi) is 6.12. The molecule has 3 fully saturated rings. The Bertz CT molecular complexity index is 495. The topological polar surface area (TPSA) is 169 Å². The average molecular weight is 401 g/mol. The van der Waals surface area contributed by atoms with E-state index >= 15 is 0 Å². The van der Waals surface area contributed by atoms with Crippen LogP contribution in [0.5, 0.6) is 0 Å². The highest BCUT2D eigenvalue weighted by atomic mass is 35.5. The van der Waals surface area contributed by atoms with Gasteiger partial charge >= 0.3 is 0 Å². The van der Waals surface area contributed by atoms with Gasteiger partial charge in [0.05, 0.1) is 19.3 Å². The molecule has 2 heterocycles. The third kappa shape index (κ3) is 3.38. The molecule has 0 amide bonds. The summed E-state index contributed by atoms with van der Waals surface area (Å²) in [4.78, 5) is 0. The average Bonchev–Trinajstić information content (AvgIpc) is 2.86. The maximum absolute atomic E-state index is 10.7. The molecule has 3 rings (SSSR count). The van der Waals surface area contributed by atoms with E-state index in [1.807, 2.05) is 0 Å². The van der Waals surface area contributed by atoms with E-state index < -0.39 is 73.4 Å². The molecule has 0 radical (unpaired) electrons. The Morgan fingerprint density at radius 1 is 0.962 bits per heavy atom. The van der Waals surface area contributed by atoms with Crippen LogP contribution in [0.1, 0.15) is 12.8 Å². The third-order valence-corrected chi connectivity index (χ3v) is 5.90. The van der Waals surface area contributed by atoms with Crippen LogP contribution in [0.15, 0.2) is 0 Å². The number of halogens is 1. The summed E-state index contributed by atoms with van der Waals surface area (Å²) in [7, 11) is 0. The van der Waals surface area contributed by atoms with Gasteiger partial charge in [-0.15, -0.1) is 0 Å². The summed E-state index contributed by atoms with van der Waals surface area (Å²) in [6, 6.07) is 0. The molecule has 152 valence electrons. The van der Waals surface area contributed by atoms with Gasteiger partial charge in [0.15, 0.2) is 12.6 Å². The molecule has 0 aromatic heterocycles. The van der Waals surface area contributed by atoms with E-state index in [2.05, 4.69) is 0 Å². The zero-order valence-electron chi connectivity index (χ0n) is 13.8. The molecule has 1 saturated carbocycles. The zero-order valence-corrected chi connectivity index (χ0v) is 14.6. The highest BCUT2D eigenvalue weighted by Gasteiger charge is 2.60. The lowest BCUT2D eigenvalue weighted by atomic mass is 9.82. The van der Waals surface area contributed by atoms with Crippen molar-refractivity contribution in [2.75, 3.05) is 13.2 Å². The Morgan fingerprint density at radius 3 is 2.27 bits per heavy atom. The third-order valence-electron chi connectivity index (χ3n) is 5.62. The quantitative estimate of drug-likeness (QED) is 0.239. The van der Waals surface area contributed by atoms with Gasteiger partial charge in [0.1, 0.15) is 35.6 Å². The molecule has 11 heteroatoms. The number of aliphatic hydroxyl groups excluding tert-OH is 6. The maximum Gasteiger partial charge on any atom is 0.189 e. The molecule has 26 heavy (non-hydrogen) atoms. The van der Waals surface area contributed by atoms with Crippen LogP contribution in [0.25, 0.3) is 0 Å². The van der Waals surface area contributed by atoms with Gasteiger partial charge in [0.2, 0.25) is 0 Å². The standard InChI is InChI=1S/C15H25ClO10/c16-8-2-5-1-7(19)15(23,4-18)9(5)13(25-8)26-14-12(22)11(21)10(20)6(3-17)24-14/h5-14,17-23H,1-4H2/t5-,6-,7-,8+,9-,10-,11+,12-,13+,14+,15+/m1/s1. The fraction of sp³-hybridized carbons (Fsp3) is 1.00. The van der Waals surface area contributed by atoms with Crippen LogP contribution in [-0.4, -0.2) is 103 Å². The first-order chi connectivity index (χ1) is 12.2. The molecule has 2 saturated heterocycles. The lowest BCUT2D eigenvalue weighted by molar-refractivity contribution is -0.362. The summed E-state index contributed by atoms with van der Waals surface area (Å²) in [6.45, 7) is -1.36. The van der Waals surface area contributed by atoms with E-state index in [9.17, 15) is 35.7 Å². The maximum atomic E-state index is 10.7. The summed E-state index contributed by atoms with van der Waals surface area (Å²) in [5.41, 5.74) is -2.68.